The Morgan fingerprint density at radius 3 is 2.42 bits per heavy atom. The molecule has 2 aliphatic rings. The van der Waals surface area contributed by atoms with E-state index in [0.717, 1.165) is 18.7 Å². The van der Waals surface area contributed by atoms with E-state index in [1.165, 1.54) is 4.31 Å². The van der Waals surface area contributed by atoms with Gasteiger partial charge in [0, 0.05) is 36.8 Å². The molecule has 2 saturated heterocycles. The molecular weight excluding hydrogens is 438 g/mol. The molecule has 166 valence electrons. The zero-order chi connectivity index (χ0) is 21.8. The Kier molecular flexibility index (Phi) is 6.81. The van der Waals surface area contributed by atoms with Gasteiger partial charge < -0.3 is 10.1 Å². The number of amides is 1. The van der Waals surface area contributed by atoms with Gasteiger partial charge in [-0.1, -0.05) is 29.8 Å². The van der Waals surface area contributed by atoms with Gasteiger partial charge in [0.1, 0.15) is 0 Å². The van der Waals surface area contributed by atoms with E-state index in [4.69, 9.17) is 16.3 Å². The number of benzene rings is 2. The highest BCUT2D eigenvalue weighted by Gasteiger charge is 2.28. The summed E-state index contributed by atoms with van der Waals surface area (Å²) in [5, 5.41) is 3.69. The van der Waals surface area contributed by atoms with Crippen molar-refractivity contribution in [3.8, 4) is 0 Å². The fourth-order valence-corrected chi connectivity index (χ4v) is 5.90. The molecule has 2 aromatic carbocycles. The van der Waals surface area contributed by atoms with E-state index in [9.17, 15) is 13.2 Å². The number of ether oxygens (including phenoxy) is 1. The number of sulfonamides is 1. The quantitative estimate of drug-likeness (QED) is 0.712. The van der Waals surface area contributed by atoms with Gasteiger partial charge in [0.2, 0.25) is 10.0 Å². The third-order valence-electron chi connectivity index (χ3n) is 5.72. The molecule has 0 aromatic heterocycles. The topological polar surface area (TPSA) is 79.0 Å². The number of anilines is 1. The fourth-order valence-electron chi connectivity index (χ4n) is 4.07. The van der Waals surface area contributed by atoms with Crippen molar-refractivity contribution in [1.82, 2.24) is 10.2 Å². The summed E-state index contributed by atoms with van der Waals surface area (Å²) in [6.07, 6.45) is 0.621. The maximum atomic E-state index is 12.8. The van der Waals surface area contributed by atoms with Gasteiger partial charge in [-0.25, -0.2) is 8.42 Å². The highest BCUT2D eigenvalue weighted by atomic mass is 35.5. The van der Waals surface area contributed by atoms with Gasteiger partial charge in [-0.15, -0.1) is 0 Å². The van der Waals surface area contributed by atoms with Crippen LogP contribution in [0.2, 0.25) is 5.02 Å². The normalized spacial score (nSPS) is 19.8. The second kappa shape index (κ2) is 9.56. The van der Waals surface area contributed by atoms with Gasteiger partial charge in [-0.2, -0.15) is 0 Å². The molecule has 0 radical (unpaired) electrons. The monoisotopic (exact) mass is 463 g/mol. The van der Waals surface area contributed by atoms with E-state index >= 15 is 0 Å². The number of nitrogens with one attached hydrogen (secondary N) is 1. The third kappa shape index (κ3) is 5.03. The Bertz CT molecular complexity index is 1020. The van der Waals surface area contributed by atoms with Gasteiger partial charge in [-0.05, 0) is 42.3 Å². The van der Waals surface area contributed by atoms with Crippen molar-refractivity contribution in [2.24, 2.45) is 0 Å². The Balaban J connectivity index is 1.46. The molecule has 2 aliphatic heterocycles. The minimum atomic E-state index is -3.24. The lowest BCUT2D eigenvalue weighted by Gasteiger charge is -2.35. The Labute approximate surface area is 188 Å². The molecule has 0 bridgehead atoms. The number of hydrogen-bond donors (Lipinski definition) is 1. The second-order valence-corrected chi connectivity index (χ2v) is 10.1. The van der Waals surface area contributed by atoms with Crippen LogP contribution in [0.1, 0.15) is 28.4 Å². The summed E-state index contributed by atoms with van der Waals surface area (Å²) >= 11 is 6.45. The van der Waals surface area contributed by atoms with Gasteiger partial charge in [0.15, 0.2) is 0 Å². The Morgan fingerprint density at radius 2 is 1.77 bits per heavy atom. The van der Waals surface area contributed by atoms with Crippen LogP contribution in [0, 0.1) is 0 Å². The first-order valence-corrected chi connectivity index (χ1v) is 12.4. The minimum Gasteiger partial charge on any atom is -0.379 e. The summed E-state index contributed by atoms with van der Waals surface area (Å²) in [4.78, 5) is 15.1. The summed E-state index contributed by atoms with van der Waals surface area (Å²) < 4.78 is 31.1. The van der Waals surface area contributed by atoms with Crippen molar-refractivity contribution in [1.29, 1.82) is 0 Å². The molecule has 1 N–H and O–H groups in total. The SMILES string of the molecule is O=C(NCC(c1ccccc1Cl)N1CCOCC1)c1ccc(N2CCCS2(=O)=O)cc1. The van der Waals surface area contributed by atoms with Gasteiger partial charge in [0.25, 0.3) is 5.91 Å². The van der Waals surface area contributed by atoms with Crippen molar-refractivity contribution < 1.29 is 17.9 Å². The van der Waals surface area contributed by atoms with Crippen molar-refractivity contribution in [3.63, 3.8) is 0 Å². The van der Waals surface area contributed by atoms with Crippen LogP contribution in [0.25, 0.3) is 0 Å². The lowest BCUT2D eigenvalue weighted by molar-refractivity contribution is 0.0162. The molecule has 2 aromatic rings. The van der Waals surface area contributed by atoms with Crippen LogP contribution >= 0.6 is 11.6 Å². The lowest BCUT2D eigenvalue weighted by Crippen LogP contribution is -2.44. The maximum absolute atomic E-state index is 12.8. The molecule has 1 amide bonds. The van der Waals surface area contributed by atoms with Crippen LogP contribution in [0.3, 0.4) is 0 Å². The first-order valence-electron chi connectivity index (χ1n) is 10.4. The Hall–Kier alpha value is -2.13. The smallest absolute Gasteiger partial charge is 0.251 e. The van der Waals surface area contributed by atoms with E-state index in [1.54, 1.807) is 24.3 Å². The highest BCUT2D eigenvalue weighted by molar-refractivity contribution is 7.93. The zero-order valence-corrected chi connectivity index (χ0v) is 18.7. The van der Waals surface area contributed by atoms with E-state index in [0.29, 0.717) is 49.0 Å². The molecule has 1 unspecified atom stereocenters. The molecule has 7 nitrogen and oxygen atoms in total. The Morgan fingerprint density at radius 1 is 1.06 bits per heavy atom. The van der Waals surface area contributed by atoms with E-state index < -0.39 is 10.0 Å². The molecule has 31 heavy (non-hydrogen) atoms. The molecule has 0 aliphatic carbocycles. The van der Waals surface area contributed by atoms with Crippen molar-refractivity contribution in [2.45, 2.75) is 12.5 Å². The number of morpholine rings is 1. The summed E-state index contributed by atoms with van der Waals surface area (Å²) in [5.74, 6) is -0.0404. The molecule has 1 atom stereocenters. The minimum absolute atomic E-state index is 0.0597. The van der Waals surface area contributed by atoms with Gasteiger partial charge >= 0.3 is 0 Å². The highest BCUT2D eigenvalue weighted by Crippen LogP contribution is 2.28. The second-order valence-electron chi connectivity index (χ2n) is 7.68. The molecule has 9 heteroatoms. The first-order chi connectivity index (χ1) is 15.0. The number of hydrogen-bond acceptors (Lipinski definition) is 5. The summed E-state index contributed by atoms with van der Waals surface area (Å²) in [6.45, 7) is 3.72. The van der Waals surface area contributed by atoms with E-state index in [2.05, 4.69) is 10.2 Å². The molecular formula is C22H26ClN3O4S. The summed E-state index contributed by atoms with van der Waals surface area (Å²) in [5.41, 5.74) is 2.05. The first kappa shape index (κ1) is 22.1. The molecule has 0 saturated carbocycles. The number of rotatable bonds is 6. The fraction of sp³-hybridized carbons (Fsp3) is 0.409. The van der Waals surface area contributed by atoms with E-state index in [-0.39, 0.29) is 17.7 Å². The molecule has 0 spiro atoms. The van der Waals surface area contributed by atoms with Crippen molar-refractivity contribution in [2.75, 3.05) is 49.5 Å². The van der Waals surface area contributed by atoms with Gasteiger partial charge in [-0.3, -0.25) is 14.0 Å². The maximum Gasteiger partial charge on any atom is 0.251 e. The lowest BCUT2D eigenvalue weighted by atomic mass is 10.0. The van der Waals surface area contributed by atoms with Crippen LogP contribution in [-0.4, -0.2) is 64.4 Å². The predicted molar refractivity (Wildman–Crippen MR) is 121 cm³/mol. The number of halogens is 1. The summed E-state index contributed by atoms with van der Waals surface area (Å²) in [7, 11) is -3.24. The van der Waals surface area contributed by atoms with Crippen LogP contribution in [0.4, 0.5) is 5.69 Å². The summed E-state index contributed by atoms with van der Waals surface area (Å²) in [6, 6.07) is 14.3. The number of nitrogens with zero attached hydrogens (tertiary/aromatic N) is 2. The predicted octanol–water partition coefficient (Wildman–Crippen LogP) is 2.68. The molecule has 2 heterocycles. The zero-order valence-electron chi connectivity index (χ0n) is 17.2. The number of carbonyl (C=O) groups is 1. The van der Waals surface area contributed by atoms with Crippen molar-refractivity contribution >= 4 is 33.2 Å². The largest absolute Gasteiger partial charge is 0.379 e. The third-order valence-corrected chi connectivity index (χ3v) is 7.94. The number of carbonyl (C=O) groups excluding carboxylic acids is 1. The van der Waals surface area contributed by atoms with Gasteiger partial charge in [0.05, 0.1) is 30.7 Å². The van der Waals surface area contributed by atoms with E-state index in [1.807, 2.05) is 24.3 Å². The van der Waals surface area contributed by atoms with Crippen LogP contribution in [-0.2, 0) is 14.8 Å². The van der Waals surface area contributed by atoms with Crippen LogP contribution in [0.5, 0.6) is 0 Å². The van der Waals surface area contributed by atoms with Crippen LogP contribution in [0.15, 0.2) is 48.5 Å². The molecule has 4 rings (SSSR count). The molecule has 2 fully saturated rings. The standard InChI is InChI=1S/C22H26ClN3O4S/c23-20-5-2-1-4-19(20)21(25-11-13-30-14-12-25)16-24-22(27)17-6-8-18(9-7-17)26-10-3-15-31(26,28)29/h1-2,4-9,21H,3,10-16H2,(H,24,27). The average Bonchev–Trinajstić information content (AvgIpc) is 3.14. The van der Waals surface area contributed by atoms with Crippen molar-refractivity contribution in [3.05, 3.63) is 64.7 Å². The average molecular weight is 464 g/mol. The van der Waals surface area contributed by atoms with Crippen LogP contribution < -0.4 is 9.62 Å².